The molecule has 26 heavy (non-hydrogen) atoms. The van der Waals surface area contributed by atoms with Gasteiger partial charge < -0.3 is 5.32 Å². The maximum Gasteiger partial charge on any atom is 0.241 e. The third-order valence-corrected chi connectivity index (χ3v) is 5.78. The molecule has 0 bridgehead atoms. The predicted molar refractivity (Wildman–Crippen MR) is 100 cm³/mol. The van der Waals surface area contributed by atoms with Crippen molar-refractivity contribution < 1.29 is 17.6 Å². The number of benzene rings is 2. The normalized spacial score (nSPS) is 11.4. The highest BCUT2D eigenvalue weighted by Gasteiger charge is 2.19. The van der Waals surface area contributed by atoms with Crippen LogP contribution < -0.4 is 10.0 Å². The quantitative estimate of drug-likeness (QED) is 0.778. The largest absolute Gasteiger partial charge is 0.326 e. The van der Waals surface area contributed by atoms with Gasteiger partial charge in [-0.1, -0.05) is 29.3 Å². The molecule has 2 aromatic rings. The summed E-state index contributed by atoms with van der Waals surface area (Å²) in [6, 6.07) is 7.41. The Morgan fingerprint density at radius 2 is 1.73 bits per heavy atom. The summed E-state index contributed by atoms with van der Waals surface area (Å²) in [6.07, 6.45) is -0.0712. The lowest BCUT2D eigenvalue weighted by molar-refractivity contribution is -0.116. The minimum atomic E-state index is -3.72. The fourth-order valence-electron chi connectivity index (χ4n) is 2.76. The lowest BCUT2D eigenvalue weighted by Crippen LogP contribution is -2.29. The zero-order valence-electron chi connectivity index (χ0n) is 14.7. The maximum atomic E-state index is 13.1. The van der Waals surface area contributed by atoms with Crippen LogP contribution in [-0.4, -0.2) is 20.9 Å². The molecule has 2 rings (SSSR count). The van der Waals surface area contributed by atoms with E-state index in [2.05, 4.69) is 10.0 Å². The number of amides is 1. The van der Waals surface area contributed by atoms with Gasteiger partial charge in [-0.05, 0) is 50.1 Å². The van der Waals surface area contributed by atoms with Crippen molar-refractivity contribution in [2.24, 2.45) is 0 Å². The Labute approximate surface area is 157 Å². The first-order valence-corrected chi connectivity index (χ1v) is 9.78. The average Bonchev–Trinajstić information content (AvgIpc) is 2.49. The second-order valence-electron chi connectivity index (χ2n) is 6.05. The molecule has 0 aromatic heterocycles. The molecule has 0 spiro atoms. The SMILES string of the molecule is Cc1cc(C)c(S(=O)(=O)NCCC(=O)Nc2ccc(F)c(Cl)c2)c(C)c1. The molecule has 5 nitrogen and oxygen atoms in total. The number of anilines is 1. The highest BCUT2D eigenvalue weighted by molar-refractivity contribution is 7.89. The van der Waals surface area contributed by atoms with Crippen molar-refractivity contribution in [3.63, 3.8) is 0 Å². The number of carbonyl (C=O) groups is 1. The molecular weight excluding hydrogens is 379 g/mol. The standard InChI is InChI=1S/C18H20ClFN2O3S/c1-11-8-12(2)18(13(3)9-11)26(24,25)21-7-6-17(23)22-14-4-5-16(20)15(19)10-14/h4-5,8-10,21H,6-7H2,1-3H3,(H,22,23). The Hall–Kier alpha value is -1.96. The van der Waals surface area contributed by atoms with E-state index < -0.39 is 21.7 Å². The van der Waals surface area contributed by atoms with Crippen LogP contribution in [0.2, 0.25) is 5.02 Å². The lowest BCUT2D eigenvalue weighted by atomic mass is 10.1. The van der Waals surface area contributed by atoms with Gasteiger partial charge in [-0.2, -0.15) is 0 Å². The molecular formula is C18H20ClFN2O3S. The van der Waals surface area contributed by atoms with Crippen molar-refractivity contribution >= 4 is 33.2 Å². The number of aryl methyl sites for hydroxylation is 3. The summed E-state index contributed by atoms with van der Waals surface area (Å²) >= 11 is 5.65. The Balaban J connectivity index is 1.98. The van der Waals surface area contributed by atoms with Crippen LogP contribution in [-0.2, 0) is 14.8 Å². The summed E-state index contributed by atoms with van der Waals surface area (Å²) < 4.78 is 40.5. The van der Waals surface area contributed by atoms with Gasteiger partial charge in [0.25, 0.3) is 0 Å². The topological polar surface area (TPSA) is 75.3 Å². The number of carbonyl (C=O) groups excluding carboxylic acids is 1. The van der Waals surface area contributed by atoms with Gasteiger partial charge in [0.1, 0.15) is 5.82 Å². The van der Waals surface area contributed by atoms with E-state index in [0.717, 1.165) is 11.6 Å². The zero-order chi connectivity index (χ0) is 19.5. The monoisotopic (exact) mass is 398 g/mol. The van der Waals surface area contributed by atoms with Crippen LogP contribution in [0.3, 0.4) is 0 Å². The molecule has 1 amide bonds. The summed E-state index contributed by atoms with van der Waals surface area (Å²) in [5.41, 5.74) is 2.63. The first kappa shape index (κ1) is 20.4. The fraction of sp³-hybridized carbons (Fsp3) is 0.278. The average molecular weight is 399 g/mol. The highest BCUT2D eigenvalue weighted by atomic mass is 35.5. The molecule has 140 valence electrons. The van der Waals surface area contributed by atoms with Gasteiger partial charge in [0, 0.05) is 18.7 Å². The molecule has 8 heteroatoms. The van der Waals surface area contributed by atoms with Gasteiger partial charge in [-0.3, -0.25) is 4.79 Å². The van der Waals surface area contributed by atoms with E-state index >= 15 is 0 Å². The molecule has 2 aromatic carbocycles. The number of hydrogen-bond donors (Lipinski definition) is 2. The molecule has 0 saturated carbocycles. The van der Waals surface area contributed by atoms with Crippen molar-refractivity contribution in [3.05, 3.63) is 57.9 Å². The predicted octanol–water partition coefficient (Wildman–Crippen LogP) is 3.71. The summed E-state index contributed by atoms with van der Waals surface area (Å²) in [6.45, 7) is 5.31. The molecule has 0 unspecified atom stereocenters. The molecule has 2 N–H and O–H groups in total. The molecule has 0 saturated heterocycles. The minimum Gasteiger partial charge on any atom is -0.326 e. The Morgan fingerprint density at radius 3 is 2.31 bits per heavy atom. The van der Waals surface area contributed by atoms with Crippen molar-refractivity contribution in [3.8, 4) is 0 Å². The third-order valence-electron chi connectivity index (χ3n) is 3.72. The van der Waals surface area contributed by atoms with Gasteiger partial charge in [0.15, 0.2) is 0 Å². The molecule has 0 fully saturated rings. The van der Waals surface area contributed by atoms with E-state index in [0.29, 0.717) is 16.8 Å². The van der Waals surface area contributed by atoms with Crippen LogP contribution in [0.4, 0.5) is 10.1 Å². The van der Waals surface area contributed by atoms with Crippen LogP contribution in [0.1, 0.15) is 23.1 Å². The second-order valence-corrected chi connectivity index (χ2v) is 8.16. The first-order valence-electron chi connectivity index (χ1n) is 7.92. The molecule has 0 aliphatic heterocycles. The third kappa shape index (κ3) is 5.03. The number of nitrogens with one attached hydrogen (secondary N) is 2. The van der Waals surface area contributed by atoms with E-state index in [1.165, 1.54) is 12.1 Å². The highest BCUT2D eigenvalue weighted by Crippen LogP contribution is 2.22. The number of halogens is 2. The van der Waals surface area contributed by atoms with Gasteiger partial charge >= 0.3 is 0 Å². The Bertz CT molecular complexity index is 922. The van der Waals surface area contributed by atoms with Crippen molar-refractivity contribution in [1.29, 1.82) is 0 Å². The van der Waals surface area contributed by atoms with Crippen molar-refractivity contribution in [1.82, 2.24) is 4.72 Å². The van der Waals surface area contributed by atoms with E-state index in [1.54, 1.807) is 26.0 Å². The number of hydrogen-bond acceptors (Lipinski definition) is 3. The first-order chi connectivity index (χ1) is 12.1. The van der Waals surface area contributed by atoms with Crippen LogP contribution in [0.5, 0.6) is 0 Å². The molecule has 0 radical (unpaired) electrons. The van der Waals surface area contributed by atoms with Gasteiger partial charge in [-0.25, -0.2) is 17.5 Å². The van der Waals surface area contributed by atoms with Crippen LogP contribution >= 0.6 is 11.6 Å². The van der Waals surface area contributed by atoms with E-state index in [-0.39, 0.29) is 22.9 Å². The summed E-state index contributed by atoms with van der Waals surface area (Å²) in [7, 11) is -3.72. The van der Waals surface area contributed by atoms with Crippen LogP contribution in [0.25, 0.3) is 0 Å². The van der Waals surface area contributed by atoms with E-state index in [9.17, 15) is 17.6 Å². The van der Waals surface area contributed by atoms with E-state index in [1.807, 2.05) is 6.92 Å². The molecule has 0 aliphatic carbocycles. The Morgan fingerprint density at radius 1 is 1.12 bits per heavy atom. The number of sulfonamides is 1. The van der Waals surface area contributed by atoms with Crippen LogP contribution in [0, 0.1) is 26.6 Å². The lowest BCUT2D eigenvalue weighted by Gasteiger charge is -2.13. The summed E-state index contributed by atoms with van der Waals surface area (Å²) in [5, 5.41) is 2.44. The summed E-state index contributed by atoms with van der Waals surface area (Å²) in [4.78, 5) is 12.2. The second kappa shape index (κ2) is 8.16. The van der Waals surface area contributed by atoms with Crippen molar-refractivity contribution in [2.45, 2.75) is 32.1 Å². The summed E-state index contributed by atoms with van der Waals surface area (Å²) in [5.74, 6) is -0.992. The van der Waals surface area contributed by atoms with Gasteiger partial charge in [0.2, 0.25) is 15.9 Å². The van der Waals surface area contributed by atoms with Gasteiger partial charge in [-0.15, -0.1) is 0 Å². The zero-order valence-corrected chi connectivity index (χ0v) is 16.3. The van der Waals surface area contributed by atoms with Crippen molar-refractivity contribution in [2.75, 3.05) is 11.9 Å². The Kier molecular flexibility index (Phi) is 6.39. The fourth-order valence-corrected chi connectivity index (χ4v) is 4.42. The molecule has 0 heterocycles. The number of rotatable bonds is 6. The van der Waals surface area contributed by atoms with E-state index in [4.69, 9.17) is 11.6 Å². The smallest absolute Gasteiger partial charge is 0.241 e. The molecule has 0 aliphatic rings. The van der Waals surface area contributed by atoms with Crippen LogP contribution in [0.15, 0.2) is 35.2 Å². The van der Waals surface area contributed by atoms with Gasteiger partial charge in [0.05, 0.1) is 9.92 Å². The minimum absolute atomic E-state index is 0.0597. The maximum absolute atomic E-state index is 13.1. The molecule has 0 atom stereocenters.